The summed E-state index contributed by atoms with van der Waals surface area (Å²) in [6, 6.07) is 27.1. The van der Waals surface area contributed by atoms with Crippen molar-refractivity contribution in [1.29, 1.82) is 0 Å². The molecule has 1 heterocycles. The van der Waals surface area contributed by atoms with Crippen LogP contribution in [0.15, 0.2) is 95.9 Å². The Kier molecular flexibility index (Phi) is 7.41. The summed E-state index contributed by atoms with van der Waals surface area (Å²) in [4.78, 5) is 13.6. The van der Waals surface area contributed by atoms with Crippen molar-refractivity contribution in [2.24, 2.45) is 0 Å². The summed E-state index contributed by atoms with van der Waals surface area (Å²) in [6.45, 7) is 4.72. The molecule has 4 aromatic carbocycles. The number of hydrogen-bond acceptors (Lipinski definition) is 4. The molecule has 0 aliphatic rings. The number of aromatic nitrogens is 1. The molecule has 0 radical (unpaired) electrons. The molecule has 5 rings (SSSR count). The minimum Gasteiger partial charge on any atom is -0.495 e. The average molecular weight is 542 g/mol. The highest BCUT2D eigenvalue weighted by Crippen LogP contribution is 2.31. The van der Waals surface area contributed by atoms with Gasteiger partial charge in [0.05, 0.1) is 7.11 Å². The number of methoxy groups -OCH3 is 1. The quantitative estimate of drug-likeness (QED) is 0.252. The van der Waals surface area contributed by atoms with Crippen LogP contribution in [0.1, 0.15) is 18.1 Å². The predicted molar refractivity (Wildman–Crippen MR) is 156 cm³/mol. The van der Waals surface area contributed by atoms with Gasteiger partial charge in [0, 0.05) is 34.0 Å². The number of ether oxygens (including phenoxy) is 1. The smallest absolute Gasteiger partial charge is 0.245 e. The monoisotopic (exact) mass is 541 g/mol. The fourth-order valence-corrected chi connectivity index (χ4v) is 6.43. The van der Waals surface area contributed by atoms with Gasteiger partial charge in [-0.05, 0) is 67.8 Å². The molecule has 1 unspecified atom stereocenters. The third-order valence-electron chi connectivity index (χ3n) is 6.86. The van der Waals surface area contributed by atoms with Gasteiger partial charge < -0.3 is 14.6 Å². The number of fused-ring (bicyclic) bond motifs is 3. The highest BCUT2D eigenvalue weighted by Gasteiger charge is 2.28. The second kappa shape index (κ2) is 10.9. The van der Waals surface area contributed by atoms with Gasteiger partial charge in [-0.2, -0.15) is 4.72 Å². The van der Waals surface area contributed by atoms with Crippen molar-refractivity contribution in [2.45, 2.75) is 37.8 Å². The number of aryl methyl sites for hydroxylation is 2. The van der Waals surface area contributed by atoms with Gasteiger partial charge in [0.15, 0.2) is 0 Å². The minimum atomic E-state index is -4.08. The fourth-order valence-electron chi connectivity index (χ4n) is 4.98. The second-order valence-corrected chi connectivity index (χ2v) is 11.2. The number of carbonyl (C=O) groups excluding carboxylic acids is 1. The van der Waals surface area contributed by atoms with Crippen LogP contribution in [0.3, 0.4) is 0 Å². The second-order valence-electron chi connectivity index (χ2n) is 9.50. The standard InChI is InChI=1S/C31H31N3O4S/c1-4-34-27-13-9-8-12-24(27)25-20-23(15-16-28(25)34)32-31(35)26(19-22-10-6-5-7-11-22)33-39(36,37)30-18-21(2)14-17-29(30)38-3/h5-18,20,26,33H,4,19H2,1-3H3,(H,32,35). The van der Waals surface area contributed by atoms with E-state index in [-0.39, 0.29) is 17.1 Å². The largest absolute Gasteiger partial charge is 0.495 e. The molecule has 8 heteroatoms. The fraction of sp³-hybridized carbons (Fsp3) is 0.194. The van der Waals surface area contributed by atoms with Crippen LogP contribution in [0, 0.1) is 6.92 Å². The van der Waals surface area contributed by atoms with Crippen molar-refractivity contribution >= 4 is 43.4 Å². The normalized spacial score (nSPS) is 12.5. The number of benzene rings is 4. The lowest BCUT2D eigenvalue weighted by molar-refractivity contribution is -0.117. The maximum absolute atomic E-state index is 13.6. The van der Waals surface area contributed by atoms with E-state index >= 15 is 0 Å². The average Bonchev–Trinajstić information content (AvgIpc) is 3.26. The Morgan fingerprint density at radius 3 is 2.36 bits per heavy atom. The number of hydrogen-bond donors (Lipinski definition) is 2. The van der Waals surface area contributed by atoms with Crippen LogP contribution in [0.25, 0.3) is 21.8 Å². The first kappa shape index (κ1) is 26.5. The van der Waals surface area contributed by atoms with E-state index in [0.717, 1.165) is 39.5 Å². The zero-order chi connectivity index (χ0) is 27.6. The Bertz CT molecular complexity index is 1760. The molecule has 0 fully saturated rings. The molecule has 0 saturated heterocycles. The molecule has 1 amide bonds. The maximum Gasteiger partial charge on any atom is 0.245 e. The molecule has 0 aliphatic carbocycles. The van der Waals surface area contributed by atoms with Crippen LogP contribution in [-0.2, 0) is 27.8 Å². The van der Waals surface area contributed by atoms with E-state index in [2.05, 4.69) is 33.7 Å². The van der Waals surface area contributed by atoms with Gasteiger partial charge in [-0.3, -0.25) is 4.79 Å². The van der Waals surface area contributed by atoms with E-state index in [1.165, 1.54) is 13.2 Å². The van der Waals surface area contributed by atoms with Gasteiger partial charge in [-0.25, -0.2) is 8.42 Å². The lowest BCUT2D eigenvalue weighted by atomic mass is 10.1. The Labute approximate surface area is 228 Å². The first-order chi connectivity index (χ1) is 18.8. The topological polar surface area (TPSA) is 89.4 Å². The summed E-state index contributed by atoms with van der Waals surface area (Å²) in [7, 11) is -2.66. The van der Waals surface area contributed by atoms with Gasteiger partial charge in [0.2, 0.25) is 15.9 Å². The number of rotatable bonds is 9. The minimum absolute atomic E-state index is 0.00958. The van der Waals surface area contributed by atoms with Gasteiger partial charge >= 0.3 is 0 Å². The number of nitrogens with one attached hydrogen (secondary N) is 2. The molecule has 0 bridgehead atoms. The van der Waals surface area contributed by atoms with Crippen LogP contribution in [-0.4, -0.2) is 32.0 Å². The maximum atomic E-state index is 13.6. The summed E-state index contributed by atoms with van der Waals surface area (Å²) in [5.74, 6) is -0.239. The van der Waals surface area contributed by atoms with Gasteiger partial charge in [-0.15, -0.1) is 0 Å². The van der Waals surface area contributed by atoms with E-state index in [1.54, 1.807) is 19.1 Å². The summed E-state index contributed by atoms with van der Waals surface area (Å²) in [6.07, 6.45) is 0.178. The molecule has 1 aromatic heterocycles. The molecule has 0 aliphatic heterocycles. The highest BCUT2D eigenvalue weighted by molar-refractivity contribution is 7.89. The molecule has 0 spiro atoms. The van der Waals surface area contributed by atoms with E-state index in [1.807, 2.05) is 60.7 Å². The first-order valence-corrected chi connectivity index (χ1v) is 14.3. The van der Waals surface area contributed by atoms with E-state index < -0.39 is 22.0 Å². The molecule has 5 aromatic rings. The van der Waals surface area contributed by atoms with Crippen molar-refractivity contribution in [2.75, 3.05) is 12.4 Å². The number of amides is 1. The lowest BCUT2D eigenvalue weighted by Crippen LogP contribution is -2.45. The van der Waals surface area contributed by atoms with Crippen LogP contribution >= 0.6 is 0 Å². The van der Waals surface area contributed by atoms with E-state index in [0.29, 0.717) is 5.69 Å². The third-order valence-corrected chi connectivity index (χ3v) is 8.35. The molecule has 0 saturated carbocycles. The molecule has 200 valence electrons. The molecule has 39 heavy (non-hydrogen) atoms. The molecule has 1 atom stereocenters. The van der Waals surface area contributed by atoms with Crippen molar-refractivity contribution in [3.05, 3.63) is 102 Å². The molecule has 2 N–H and O–H groups in total. The number of anilines is 1. The number of carbonyl (C=O) groups is 1. The zero-order valence-electron chi connectivity index (χ0n) is 22.1. The summed E-state index contributed by atoms with van der Waals surface area (Å²) in [5, 5.41) is 5.07. The number of para-hydroxylation sites is 1. The lowest BCUT2D eigenvalue weighted by Gasteiger charge is -2.20. The zero-order valence-corrected chi connectivity index (χ0v) is 23.0. The Morgan fingerprint density at radius 1 is 0.897 bits per heavy atom. The van der Waals surface area contributed by atoms with Crippen molar-refractivity contribution in [3.63, 3.8) is 0 Å². The van der Waals surface area contributed by atoms with Crippen molar-refractivity contribution in [3.8, 4) is 5.75 Å². The van der Waals surface area contributed by atoms with Crippen LogP contribution < -0.4 is 14.8 Å². The predicted octanol–water partition coefficient (Wildman–Crippen LogP) is 5.66. The van der Waals surface area contributed by atoms with E-state index in [4.69, 9.17) is 4.74 Å². The Hall–Kier alpha value is -4.14. The highest BCUT2D eigenvalue weighted by atomic mass is 32.2. The summed E-state index contributed by atoms with van der Waals surface area (Å²) in [5.41, 5.74) is 4.39. The van der Waals surface area contributed by atoms with Crippen LogP contribution in [0.2, 0.25) is 0 Å². The Balaban J connectivity index is 1.49. The van der Waals surface area contributed by atoms with Gasteiger partial charge in [-0.1, -0.05) is 54.6 Å². The SMILES string of the molecule is CCn1c2ccccc2c2cc(NC(=O)C(Cc3ccccc3)NS(=O)(=O)c3cc(C)ccc3OC)ccc21. The molecular formula is C31H31N3O4S. The van der Waals surface area contributed by atoms with Gasteiger partial charge in [0.25, 0.3) is 0 Å². The summed E-state index contributed by atoms with van der Waals surface area (Å²) >= 11 is 0. The number of nitrogens with zero attached hydrogens (tertiary/aromatic N) is 1. The van der Waals surface area contributed by atoms with Gasteiger partial charge in [0.1, 0.15) is 16.7 Å². The number of sulfonamides is 1. The summed E-state index contributed by atoms with van der Waals surface area (Å²) < 4.78 is 37.2. The molecule has 7 nitrogen and oxygen atoms in total. The van der Waals surface area contributed by atoms with Crippen LogP contribution in [0.4, 0.5) is 5.69 Å². The first-order valence-electron chi connectivity index (χ1n) is 12.8. The third kappa shape index (κ3) is 5.39. The van der Waals surface area contributed by atoms with Crippen LogP contribution in [0.5, 0.6) is 5.75 Å². The van der Waals surface area contributed by atoms with Crippen molar-refractivity contribution in [1.82, 2.24) is 9.29 Å². The Morgan fingerprint density at radius 2 is 1.62 bits per heavy atom. The van der Waals surface area contributed by atoms with Crippen molar-refractivity contribution < 1.29 is 17.9 Å². The molecular weight excluding hydrogens is 510 g/mol. The van der Waals surface area contributed by atoms with E-state index in [9.17, 15) is 13.2 Å².